The molecule has 80 valence electrons. The molecule has 2 nitrogen and oxygen atoms in total. The molecule has 15 heavy (non-hydrogen) atoms. The van der Waals surface area contributed by atoms with Crippen molar-refractivity contribution < 1.29 is 0 Å². The SMILES string of the molecule is CC(N)c1cccc(-n2cccc2)c1.Cl. The maximum atomic E-state index is 5.83. The molecule has 0 aliphatic rings. The molecular formula is C12H15ClN2. The van der Waals surface area contributed by atoms with E-state index in [0.717, 1.165) is 11.3 Å². The first-order chi connectivity index (χ1) is 6.77. The third-order valence-corrected chi connectivity index (χ3v) is 2.30. The zero-order valence-corrected chi connectivity index (χ0v) is 9.45. The summed E-state index contributed by atoms with van der Waals surface area (Å²) in [7, 11) is 0. The van der Waals surface area contributed by atoms with Crippen LogP contribution < -0.4 is 5.73 Å². The molecule has 2 rings (SSSR count). The van der Waals surface area contributed by atoms with E-state index in [9.17, 15) is 0 Å². The highest BCUT2D eigenvalue weighted by atomic mass is 35.5. The minimum absolute atomic E-state index is 0. The molecule has 1 heterocycles. The Morgan fingerprint density at radius 2 is 1.80 bits per heavy atom. The molecule has 1 atom stereocenters. The van der Waals surface area contributed by atoms with Crippen molar-refractivity contribution in [2.45, 2.75) is 13.0 Å². The van der Waals surface area contributed by atoms with Gasteiger partial charge >= 0.3 is 0 Å². The van der Waals surface area contributed by atoms with Gasteiger partial charge in [-0.25, -0.2) is 0 Å². The lowest BCUT2D eigenvalue weighted by Crippen LogP contribution is -2.05. The lowest BCUT2D eigenvalue weighted by atomic mass is 10.1. The summed E-state index contributed by atoms with van der Waals surface area (Å²) in [4.78, 5) is 0. The molecule has 0 aliphatic carbocycles. The second-order valence-corrected chi connectivity index (χ2v) is 3.47. The first kappa shape index (κ1) is 11.8. The summed E-state index contributed by atoms with van der Waals surface area (Å²) in [5.41, 5.74) is 8.15. The summed E-state index contributed by atoms with van der Waals surface area (Å²) >= 11 is 0. The van der Waals surface area contributed by atoms with E-state index < -0.39 is 0 Å². The summed E-state index contributed by atoms with van der Waals surface area (Å²) in [6, 6.07) is 12.4. The summed E-state index contributed by atoms with van der Waals surface area (Å²) in [6.07, 6.45) is 4.06. The van der Waals surface area contributed by atoms with E-state index in [2.05, 4.69) is 22.8 Å². The van der Waals surface area contributed by atoms with Gasteiger partial charge in [-0.15, -0.1) is 12.4 Å². The van der Waals surface area contributed by atoms with E-state index in [4.69, 9.17) is 5.73 Å². The van der Waals surface area contributed by atoms with Crippen molar-refractivity contribution in [1.82, 2.24) is 4.57 Å². The van der Waals surface area contributed by atoms with Crippen LogP contribution in [0.5, 0.6) is 0 Å². The van der Waals surface area contributed by atoms with Crippen LogP contribution in [0.2, 0.25) is 0 Å². The fraction of sp³-hybridized carbons (Fsp3) is 0.167. The van der Waals surface area contributed by atoms with Crippen LogP contribution in [-0.4, -0.2) is 4.57 Å². The van der Waals surface area contributed by atoms with Gasteiger partial charge in [0.2, 0.25) is 0 Å². The highest BCUT2D eigenvalue weighted by Gasteiger charge is 2.00. The van der Waals surface area contributed by atoms with E-state index in [1.807, 2.05) is 37.5 Å². The number of aromatic nitrogens is 1. The quantitative estimate of drug-likeness (QED) is 0.832. The van der Waals surface area contributed by atoms with Gasteiger partial charge in [0.1, 0.15) is 0 Å². The van der Waals surface area contributed by atoms with Crippen LogP contribution in [0.15, 0.2) is 48.8 Å². The summed E-state index contributed by atoms with van der Waals surface area (Å²) < 4.78 is 2.08. The third-order valence-electron chi connectivity index (χ3n) is 2.30. The fourth-order valence-electron chi connectivity index (χ4n) is 1.48. The van der Waals surface area contributed by atoms with Gasteiger partial charge in [0.25, 0.3) is 0 Å². The second-order valence-electron chi connectivity index (χ2n) is 3.47. The third kappa shape index (κ3) is 2.61. The molecule has 0 saturated heterocycles. The molecule has 1 aromatic carbocycles. The van der Waals surface area contributed by atoms with E-state index >= 15 is 0 Å². The molecule has 2 N–H and O–H groups in total. The van der Waals surface area contributed by atoms with Crippen LogP contribution in [0.3, 0.4) is 0 Å². The molecule has 2 aromatic rings. The van der Waals surface area contributed by atoms with Crippen molar-refractivity contribution in [3.05, 3.63) is 54.4 Å². The fourth-order valence-corrected chi connectivity index (χ4v) is 1.48. The Balaban J connectivity index is 0.00000112. The number of rotatable bonds is 2. The minimum Gasteiger partial charge on any atom is -0.324 e. The van der Waals surface area contributed by atoms with Gasteiger partial charge in [-0.1, -0.05) is 12.1 Å². The number of nitrogens with two attached hydrogens (primary N) is 1. The Labute approximate surface area is 96.1 Å². The van der Waals surface area contributed by atoms with Crippen molar-refractivity contribution in [3.8, 4) is 5.69 Å². The minimum atomic E-state index is 0. The number of nitrogens with zero attached hydrogens (tertiary/aromatic N) is 1. The van der Waals surface area contributed by atoms with Crippen LogP contribution in [0.25, 0.3) is 5.69 Å². The normalized spacial score (nSPS) is 11.9. The zero-order valence-electron chi connectivity index (χ0n) is 8.63. The van der Waals surface area contributed by atoms with E-state index in [0.29, 0.717) is 0 Å². The van der Waals surface area contributed by atoms with Gasteiger partial charge in [-0.3, -0.25) is 0 Å². The van der Waals surface area contributed by atoms with Gasteiger partial charge < -0.3 is 10.3 Å². The summed E-state index contributed by atoms with van der Waals surface area (Å²) in [6.45, 7) is 1.99. The van der Waals surface area contributed by atoms with Crippen molar-refractivity contribution in [1.29, 1.82) is 0 Å². The molecule has 0 bridgehead atoms. The Hall–Kier alpha value is -1.25. The van der Waals surface area contributed by atoms with E-state index in [-0.39, 0.29) is 18.4 Å². The Bertz CT molecular complexity index is 407. The van der Waals surface area contributed by atoms with Crippen molar-refractivity contribution in [3.63, 3.8) is 0 Å². The number of benzene rings is 1. The Kier molecular flexibility index (Phi) is 3.95. The van der Waals surface area contributed by atoms with Crippen molar-refractivity contribution in [2.75, 3.05) is 0 Å². The largest absolute Gasteiger partial charge is 0.324 e. The molecule has 0 fully saturated rings. The number of halogens is 1. The molecule has 1 aromatic heterocycles. The van der Waals surface area contributed by atoms with Gasteiger partial charge in [-0.2, -0.15) is 0 Å². The number of hydrogen-bond acceptors (Lipinski definition) is 1. The smallest absolute Gasteiger partial charge is 0.0452 e. The van der Waals surface area contributed by atoms with Gasteiger partial charge in [0.05, 0.1) is 0 Å². The molecule has 0 spiro atoms. The lowest BCUT2D eigenvalue weighted by Gasteiger charge is -2.08. The average Bonchev–Trinajstić information content (AvgIpc) is 2.71. The maximum Gasteiger partial charge on any atom is 0.0452 e. The molecular weight excluding hydrogens is 208 g/mol. The topological polar surface area (TPSA) is 30.9 Å². The Morgan fingerprint density at radius 1 is 1.13 bits per heavy atom. The van der Waals surface area contributed by atoms with E-state index in [1.165, 1.54) is 0 Å². The highest BCUT2D eigenvalue weighted by molar-refractivity contribution is 5.85. The molecule has 0 aliphatic heterocycles. The number of hydrogen-bond donors (Lipinski definition) is 1. The van der Waals surface area contributed by atoms with Crippen LogP contribution >= 0.6 is 12.4 Å². The monoisotopic (exact) mass is 222 g/mol. The lowest BCUT2D eigenvalue weighted by molar-refractivity contribution is 0.816. The maximum absolute atomic E-state index is 5.83. The van der Waals surface area contributed by atoms with Crippen LogP contribution in [0.1, 0.15) is 18.5 Å². The average molecular weight is 223 g/mol. The highest BCUT2D eigenvalue weighted by Crippen LogP contribution is 2.15. The molecule has 3 heteroatoms. The molecule has 1 unspecified atom stereocenters. The standard InChI is InChI=1S/C12H14N2.ClH/c1-10(13)11-5-4-6-12(9-11)14-7-2-3-8-14;/h2-10H,13H2,1H3;1H. The van der Waals surface area contributed by atoms with Crippen molar-refractivity contribution in [2.24, 2.45) is 5.73 Å². The molecule has 0 saturated carbocycles. The Morgan fingerprint density at radius 3 is 2.40 bits per heavy atom. The first-order valence-corrected chi connectivity index (χ1v) is 4.76. The predicted molar refractivity (Wildman–Crippen MR) is 65.6 cm³/mol. The van der Waals surface area contributed by atoms with Crippen LogP contribution in [0.4, 0.5) is 0 Å². The predicted octanol–water partition coefficient (Wildman–Crippen LogP) is 2.92. The molecule has 0 amide bonds. The van der Waals surface area contributed by atoms with Crippen molar-refractivity contribution >= 4 is 12.4 Å². The van der Waals surface area contributed by atoms with Gasteiger partial charge in [-0.05, 0) is 36.8 Å². The van der Waals surface area contributed by atoms with E-state index in [1.54, 1.807) is 0 Å². The summed E-state index contributed by atoms with van der Waals surface area (Å²) in [5.74, 6) is 0. The first-order valence-electron chi connectivity index (χ1n) is 4.76. The molecule has 0 radical (unpaired) electrons. The van der Waals surface area contributed by atoms with Crippen LogP contribution in [-0.2, 0) is 0 Å². The van der Waals surface area contributed by atoms with Gasteiger partial charge in [0, 0.05) is 24.1 Å². The zero-order chi connectivity index (χ0) is 9.97. The summed E-state index contributed by atoms with van der Waals surface area (Å²) in [5, 5.41) is 0. The van der Waals surface area contributed by atoms with Gasteiger partial charge in [0.15, 0.2) is 0 Å². The van der Waals surface area contributed by atoms with Crippen LogP contribution in [0, 0.1) is 0 Å². The second kappa shape index (κ2) is 5.01.